The third-order valence-electron chi connectivity index (χ3n) is 3.53. The fourth-order valence-corrected chi connectivity index (χ4v) is 2.54. The maximum atomic E-state index is 11.3. The third-order valence-corrected chi connectivity index (χ3v) is 3.53. The minimum absolute atomic E-state index is 0.456. The lowest BCUT2D eigenvalue weighted by Crippen LogP contribution is -2.06. The second kappa shape index (κ2) is 6.90. The predicted octanol–water partition coefficient (Wildman–Crippen LogP) is 4.12. The van der Waals surface area contributed by atoms with Crippen LogP contribution in [-0.4, -0.2) is 11.1 Å². The lowest BCUT2D eigenvalue weighted by molar-refractivity contribution is 0.0695. The number of aromatic carboxylic acids is 1. The highest BCUT2D eigenvalue weighted by Gasteiger charge is 2.12. The van der Waals surface area contributed by atoms with Gasteiger partial charge in [0.2, 0.25) is 0 Å². The molecule has 2 heteroatoms. The van der Waals surface area contributed by atoms with E-state index in [9.17, 15) is 9.90 Å². The molecule has 0 saturated heterocycles. The van der Waals surface area contributed by atoms with E-state index in [2.05, 4.69) is 25.1 Å². The molecule has 0 aromatic heterocycles. The fourth-order valence-electron chi connectivity index (χ4n) is 2.54. The normalized spacial score (nSPS) is 10.4. The summed E-state index contributed by atoms with van der Waals surface area (Å²) in [5.74, 6) is -0.824. The monoisotopic (exact) mass is 268 g/mol. The van der Waals surface area contributed by atoms with Crippen molar-refractivity contribution in [2.24, 2.45) is 0 Å². The summed E-state index contributed by atoms with van der Waals surface area (Å²) in [6.07, 6.45) is 3.62. The molecule has 20 heavy (non-hydrogen) atoms. The minimum Gasteiger partial charge on any atom is -0.478 e. The smallest absolute Gasteiger partial charge is 0.335 e. The van der Waals surface area contributed by atoms with Gasteiger partial charge in [-0.05, 0) is 42.0 Å². The number of hydrogen-bond acceptors (Lipinski definition) is 1. The molecule has 0 spiro atoms. The zero-order valence-corrected chi connectivity index (χ0v) is 11.8. The van der Waals surface area contributed by atoms with Crippen molar-refractivity contribution in [3.63, 3.8) is 0 Å². The van der Waals surface area contributed by atoms with Crippen LogP contribution >= 0.6 is 0 Å². The van der Waals surface area contributed by atoms with Gasteiger partial charge in [0.05, 0.1) is 5.56 Å². The van der Waals surface area contributed by atoms with E-state index in [1.807, 2.05) is 24.3 Å². The average Bonchev–Trinajstić information content (AvgIpc) is 2.47. The van der Waals surface area contributed by atoms with Gasteiger partial charge in [0.25, 0.3) is 0 Å². The average molecular weight is 268 g/mol. The quantitative estimate of drug-likeness (QED) is 0.855. The van der Waals surface area contributed by atoms with Gasteiger partial charge in [-0.2, -0.15) is 0 Å². The second-order valence-corrected chi connectivity index (χ2v) is 4.98. The number of carboxylic acid groups (broad SMARTS) is 1. The van der Waals surface area contributed by atoms with Crippen molar-refractivity contribution in [1.29, 1.82) is 0 Å². The molecule has 0 atom stereocenters. The predicted molar refractivity (Wildman–Crippen MR) is 81.2 cm³/mol. The van der Waals surface area contributed by atoms with E-state index >= 15 is 0 Å². The molecule has 0 unspecified atom stereocenters. The summed E-state index contributed by atoms with van der Waals surface area (Å²) in [6.45, 7) is 2.08. The van der Waals surface area contributed by atoms with Gasteiger partial charge in [0, 0.05) is 0 Å². The van der Waals surface area contributed by atoms with Crippen molar-refractivity contribution in [2.75, 3.05) is 0 Å². The van der Waals surface area contributed by atoms with Gasteiger partial charge in [0.1, 0.15) is 0 Å². The number of rotatable bonds is 6. The molecule has 0 heterocycles. The molecule has 1 N–H and O–H groups in total. The number of carbonyl (C=O) groups is 1. The Kier molecular flexibility index (Phi) is 4.94. The van der Waals surface area contributed by atoms with Gasteiger partial charge in [-0.1, -0.05) is 55.8 Å². The molecule has 0 fully saturated rings. The van der Waals surface area contributed by atoms with Crippen molar-refractivity contribution in [3.05, 3.63) is 70.8 Å². The highest BCUT2D eigenvalue weighted by Crippen LogP contribution is 2.19. The lowest BCUT2D eigenvalue weighted by Gasteiger charge is -2.12. The van der Waals surface area contributed by atoms with Gasteiger partial charge in [-0.3, -0.25) is 0 Å². The molecule has 0 aliphatic carbocycles. The topological polar surface area (TPSA) is 37.3 Å². The Balaban J connectivity index is 2.22. The summed E-state index contributed by atoms with van der Waals surface area (Å²) in [4.78, 5) is 11.3. The van der Waals surface area contributed by atoms with E-state index < -0.39 is 5.97 Å². The minimum atomic E-state index is -0.824. The van der Waals surface area contributed by atoms with Crippen LogP contribution in [0.5, 0.6) is 0 Å². The Hall–Kier alpha value is -2.09. The van der Waals surface area contributed by atoms with Crippen LogP contribution in [0, 0.1) is 0 Å². The molecule has 0 saturated carbocycles. The van der Waals surface area contributed by atoms with Crippen LogP contribution in [0.15, 0.2) is 48.5 Å². The summed E-state index contributed by atoms with van der Waals surface area (Å²) in [7, 11) is 0. The van der Waals surface area contributed by atoms with Crippen LogP contribution in [0.3, 0.4) is 0 Å². The highest BCUT2D eigenvalue weighted by atomic mass is 16.4. The maximum Gasteiger partial charge on any atom is 0.335 e. The van der Waals surface area contributed by atoms with Crippen molar-refractivity contribution in [1.82, 2.24) is 0 Å². The zero-order chi connectivity index (χ0) is 14.4. The van der Waals surface area contributed by atoms with E-state index in [-0.39, 0.29) is 0 Å². The molecule has 0 aliphatic rings. The van der Waals surface area contributed by atoms with Crippen molar-refractivity contribution >= 4 is 5.97 Å². The third kappa shape index (κ3) is 3.47. The molecule has 104 valence electrons. The van der Waals surface area contributed by atoms with Crippen LogP contribution in [0.2, 0.25) is 0 Å². The first kappa shape index (κ1) is 14.3. The fraction of sp³-hybridized carbons (Fsp3) is 0.278. The Morgan fingerprint density at radius 1 is 0.950 bits per heavy atom. The van der Waals surface area contributed by atoms with Crippen LogP contribution < -0.4 is 0 Å². The van der Waals surface area contributed by atoms with Crippen molar-refractivity contribution in [3.8, 4) is 0 Å². The largest absolute Gasteiger partial charge is 0.478 e. The van der Waals surface area contributed by atoms with E-state index in [1.165, 1.54) is 5.56 Å². The van der Waals surface area contributed by atoms with Crippen molar-refractivity contribution < 1.29 is 9.90 Å². The molecular weight excluding hydrogens is 248 g/mol. The first-order valence-corrected chi connectivity index (χ1v) is 7.10. The van der Waals surface area contributed by atoms with E-state index in [0.29, 0.717) is 5.56 Å². The van der Waals surface area contributed by atoms with Crippen LogP contribution in [0.1, 0.15) is 40.4 Å². The van der Waals surface area contributed by atoms with Gasteiger partial charge in [0.15, 0.2) is 0 Å². The number of hydrogen-bond donors (Lipinski definition) is 1. The summed E-state index contributed by atoms with van der Waals surface area (Å²) in [6, 6.07) is 15.9. The summed E-state index contributed by atoms with van der Waals surface area (Å²) in [5.41, 5.74) is 3.90. The van der Waals surface area contributed by atoms with Crippen molar-refractivity contribution in [2.45, 2.75) is 32.6 Å². The maximum absolute atomic E-state index is 11.3. The Morgan fingerprint density at radius 3 is 2.35 bits per heavy atom. The van der Waals surface area contributed by atoms with Crippen LogP contribution in [0.25, 0.3) is 0 Å². The molecule has 2 aromatic rings. The first-order valence-electron chi connectivity index (χ1n) is 7.10. The van der Waals surface area contributed by atoms with Gasteiger partial charge < -0.3 is 5.11 Å². The molecule has 2 aromatic carbocycles. The van der Waals surface area contributed by atoms with Gasteiger partial charge in [-0.15, -0.1) is 0 Å². The molecule has 0 aliphatic heterocycles. The first-order chi connectivity index (χ1) is 9.72. The van der Waals surface area contributed by atoms with Crippen LogP contribution in [0.4, 0.5) is 0 Å². The molecule has 0 bridgehead atoms. The van der Waals surface area contributed by atoms with Gasteiger partial charge in [-0.25, -0.2) is 4.79 Å². The number of carboxylic acids is 1. The van der Waals surface area contributed by atoms with Gasteiger partial charge >= 0.3 is 5.97 Å². The number of benzene rings is 2. The molecular formula is C18H20O2. The summed E-state index contributed by atoms with van der Waals surface area (Å²) in [5, 5.41) is 9.30. The molecule has 0 radical (unpaired) electrons. The zero-order valence-electron chi connectivity index (χ0n) is 11.8. The molecule has 2 nitrogen and oxygen atoms in total. The number of aryl methyl sites for hydroxylation is 2. The van der Waals surface area contributed by atoms with Crippen LogP contribution in [-0.2, 0) is 19.3 Å². The Bertz CT molecular complexity index is 573. The molecule has 2 rings (SSSR count). The van der Waals surface area contributed by atoms with E-state index in [0.717, 1.165) is 36.8 Å². The Morgan fingerprint density at radius 2 is 1.70 bits per heavy atom. The Labute approximate surface area is 120 Å². The standard InChI is InChI=1S/C18H20O2/c1-2-7-16-15(10-6-11-17(16)18(19)20)13-12-14-8-4-3-5-9-14/h3-6,8-11H,2,7,12-13H2,1H3,(H,19,20). The second-order valence-electron chi connectivity index (χ2n) is 4.98. The SMILES string of the molecule is CCCc1c(CCc2ccccc2)cccc1C(=O)O. The van der Waals surface area contributed by atoms with E-state index in [1.54, 1.807) is 6.07 Å². The summed E-state index contributed by atoms with van der Waals surface area (Å²) >= 11 is 0. The molecule has 0 amide bonds. The lowest BCUT2D eigenvalue weighted by atomic mass is 9.93. The van der Waals surface area contributed by atoms with E-state index in [4.69, 9.17) is 0 Å². The summed E-state index contributed by atoms with van der Waals surface area (Å²) < 4.78 is 0. The highest BCUT2D eigenvalue weighted by molar-refractivity contribution is 5.89.